The fraction of sp³-hybridized carbons (Fsp3) is 0.0952. The highest BCUT2D eigenvalue weighted by molar-refractivity contribution is 7.92. The second-order valence-electron chi connectivity index (χ2n) is 5.87. The highest BCUT2D eigenvalue weighted by atomic mass is 32.2. The van der Waals surface area contributed by atoms with E-state index in [1.54, 1.807) is 54.7 Å². The van der Waals surface area contributed by atoms with E-state index in [0.29, 0.717) is 23.7 Å². The number of hydrogen-bond donors (Lipinski definition) is 1. The number of nitrogens with one attached hydrogen (secondary N) is 1. The number of anilines is 1. The van der Waals surface area contributed by atoms with Crippen molar-refractivity contribution in [3.8, 4) is 5.75 Å². The van der Waals surface area contributed by atoms with Gasteiger partial charge in [0.25, 0.3) is 10.0 Å². The number of rotatable bonds is 7. The molecule has 0 radical (unpaired) electrons. The SMILES string of the molecule is CCOc1ccc(NS(=O)(=O)c2ccc(N=Cc3ccc(F)cc3)cc2)cc1. The van der Waals surface area contributed by atoms with E-state index in [1.165, 1.54) is 24.3 Å². The summed E-state index contributed by atoms with van der Waals surface area (Å²) in [6, 6.07) is 18.8. The first-order chi connectivity index (χ1) is 13.5. The fourth-order valence-electron chi connectivity index (χ4n) is 2.41. The summed E-state index contributed by atoms with van der Waals surface area (Å²) in [5.74, 6) is 0.362. The number of benzene rings is 3. The molecule has 0 bridgehead atoms. The van der Waals surface area contributed by atoms with Gasteiger partial charge in [0.2, 0.25) is 0 Å². The summed E-state index contributed by atoms with van der Waals surface area (Å²) in [7, 11) is -3.71. The zero-order valence-corrected chi connectivity index (χ0v) is 16.0. The smallest absolute Gasteiger partial charge is 0.261 e. The summed E-state index contributed by atoms with van der Waals surface area (Å²) in [5.41, 5.74) is 1.78. The maximum Gasteiger partial charge on any atom is 0.261 e. The van der Waals surface area contributed by atoms with Crippen molar-refractivity contribution in [3.05, 3.63) is 84.2 Å². The van der Waals surface area contributed by atoms with Crippen LogP contribution in [-0.4, -0.2) is 21.2 Å². The van der Waals surface area contributed by atoms with E-state index in [2.05, 4.69) is 9.71 Å². The Morgan fingerprint density at radius 3 is 2.21 bits per heavy atom. The van der Waals surface area contributed by atoms with Crippen molar-refractivity contribution >= 4 is 27.6 Å². The largest absolute Gasteiger partial charge is 0.494 e. The third kappa shape index (κ3) is 5.17. The molecule has 144 valence electrons. The van der Waals surface area contributed by atoms with Crippen LogP contribution in [0.15, 0.2) is 82.7 Å². The van der Waals surface area contributed by atoms with E-state index in [-0.39, 0.29) is 10.7 Å². The van der Waals surface area contributed by atoms with Crippen LogP contribution in [0.4, 0.5) is 15.8 Å². The van der Waals surface area contributed by atoms with Gasteiger partial charge in [-0.1, -0.05) is 12.1 Å². The van der Waals surface area contributed by atoms with E-state index in [4.69, 9.17) is 4.74 Å². The van der Waals surface area contributed by atoms with Crippen LogP contribution in [-0.2, 0) is 10.0 Å². The van der Waals surface area contributed by atoms with E-state index in [9.17, 15) is 12.8 Å². The average Bonchev–Trinajstić information content (AvgIpc) is 2.69. The lowest BCUT2D eigenvalue weighted by atomic mass is 10.2. The lowest BCUT2D eigenvalue weighted by Crippen LogP contribution is -2.12. The Kier molecular flexibility index (Phi) is 6.06. The molecule has 28 heavy (non-hydrogen) atoms. The van der Waals surface area contributed by atoms with Crippen LogP contribution in [0.2, 0.25) is 0 Å². The molecule has 0 saturated heterocycles. The van der Waals surface area contributed by atoms with Gasteiger partial charge in [-0.25, -0.2) is 12.8 Å². The molecule has 0 amide bonds. The first-order valence-corrected chi connectivity index (χ1v) is 10.1. The molecule has 7 heteroatoms. The van der Waals surface area contributed by atoms with Crippen LogP contribution < -0.4 is 9.46 Å². The van der Waals surface area contributed by atoms with Gasteiger partial charge in [0.1, 0.15) is 11.6 Å². The van der Waals surface area contributed by atoms with Crippen molar-refractivity contribution < 1.29 is 17.5 Å². The van der Waals surface area contributed by atoms with Crippen LogP contribution in [0.25, 0.3) is 0 Å². The first kappa shape index (κ1) is 19.6. The Labute approximate surface area is 163 Å². The van der Waals surface area contributed by atoms with Crippen LogP contribution in [0, 0.1) is 5.82 Å². The number of aliphatic imine (C=N–C) groups is 1. The fourth-order valence-corrected chi connectivity index (χ4v) is 3.47. The topological polar surface area (TPSA) is 67.8 Å². The average molecular weight is 398 g/mol. The Morgan fingerprint density at radius 1 is 0.964 bits per heavy atom. The zero-order chi connectivity index (χ0) is 20.0. The molecule has 0 aromatic heterocycles. The molecule has 0 fully saturated rings. The maximum absolute atomic E-state index is 12.9. The van der Waals surface area contributed by atoms with Gasteiger partial charge in [-0.15, -0.1) is 0 Å². The lowest BCUT2D eigenvalue weighted by molar-refractivity contribution is 0.340. The first-order valence-electron chi connectivity index (χ1n) is 8.62. The molecule has 5 nitrogen and oxygen atoms in total. The van der Waals surface area contributed by atoms with Crippen molar-refractivity contribution in [2.24, 2.45) is 4.99 Å². The van der Waals surface area contributed by atoms with Crippen molar-refractivity contribution in [2.75, 3.05) is 11.3 Å². The van der Waals surface area contributed by atoms with Crippen molar-refractivity contribution in [2.45, 2.75) is 11.8 Å². The quantitative estimate of drug-likeness (QED) is 0.583. The third-order valence-electron chi connectivity index (χ3n) is 3.80. The van der Waals surface area contributed by atoms with Crippen LogP contribution in [0.5, 0.6) is 5.75 Å². The molecule has 0 aliphatic heterocycles. The summed E-state index contributed by atoms with van der Waals surface area (Å²) >= 11 is 0. The molecule has 0 spiro atoms. The molecule has 3 rings (SSSR count). The zero-order valence-electron chi connectivity index (χ0n) is 15.2. The highest BCUT2D eigenvalue weighted by Crippen LogP contribution is 2.21. The molecular weight excluding hydrogens is 379 g/mol. The molecule has 0 unspecified atom stereocenters. The number of nitrogens with zero attached hydrogens (tertiary/aromatic N) is 1. The van der Waals surface area contributed by atoms with Gasteiger partial charge in [0.15, 0.2) is 0 Å². The Morgan fingerprint density at radius 2 is 1.61 bits per heavy atom. The minimum Gasteiger partial charge on any atom is -0.494 e. The lowest BCUT2D eigenvalue weighted by Gasteiger charge is -2.09. The van der Waals surface area contributed by atoms with Gasteiger partial charge in [0, 0.05) is 11.9 Å². The van der Waals surface area contributed by atoms with Crippen LogP contribution >= 0.6 is 0 Å². The molecule has 3 aromatic rings. The second-order valence-corrected chi connectivity index (χ2v) is 7.55. The Balaban J connectivity index is 1.69. The molecule has 0 aliphatic rings. The van der Waals surface area contributed by atoms with Crippen molar-refractivity contribution in [1.82, 2.24) is 0 Å². The Bertz CT molecular complexity index is 1050. The molecule has 0 atom stereocenters. The molecular formula is C21H19FN2O3S. The summed E-state index contributed by atoms with van der Waals surface area (Å²) in [6.45, 7) is 2.42. The van der Waals surface area contributed by atoms with Crippen LogP contribution in [0.3, 0.4) is 0 Å². The van der Waals surface area contributed by atoms with E-state index < -0.39 is 10.0 Å². The minimum absolute atomic E-state index is 0.127. The van der Waals surface area contributed by atoms with Crippen LogP contribution in [0.1, 0.15) is 12.5 Å². The number of sulfonamides is 1. The van der Waals surface area contributed by atoms with E-state index in [1.807, 2.05) is 6.92 Å². The maximum atomic E-state index is 12.9. The molecule has 0 aliphatic carbocycles. The summed E-state index contributed by atoms with van der Waals surface area (Å²) in [5, 5.41) is 0. The summed E-state index contributed by atoms with van der Waals surface area (Å²) in [6.07, 6.45) is 1.58. The Hall–Kier alpha value is -3.19. The van der Waals surface area contributed by atoms with E-state index in [0.717, 1.165) is 5.56 Å². The number of halogens is 1. The van der Waals surface area contributed by atoms with Gasteiger partial charge in [-0.3, -0.25) is 9.71 Å². The van der Waals surface area contributed by atoms with Gasteiger partial charge in [-0.05, 0) is 73.2 Å². The second kappa shape index (κ2) is 8.67. The summed E-state index contributed by atoms with van der Waals surface area (Å²) < 4.78 is 45.8. The van der Waals surface area contributed by atoms with Gasteiger partial charge < -0.3 is 4.74 Å². The minimum atomic E-state index is -3.71. The molecule has 3 aromatic carbocycles. The predicted octanol–water partition coefficient (Wildman–Crippen LogP) is 4.78. The molecule has 0 saturated carbocycles. The van der Waals surface area contributed by atoms with Gasteiger partial charge >= 0.3 is 0 Å². The molecule has 0 heterocycles. The normalized spacial score (nSPS) is 11.5. The molecule has 1 N–H and O–H groups in total. The van der Waals surface area contributed by atoms with E-state index >= 15 is 0 Å². The van der Waals surface area contributed by atoms with Crippen molar-refractivity contribution in [1.29, 1.82) is 0 Å². The number of ether oxygens (including phenoxy) is 1. The highest BCUT2D eigenvalue weighted by Gasteiger charge is 2.14. The predicted molar refractivity (Wildman–Crippen MR) is 109 cm³/mol. The monoisotopic (exact) mass is 398 g/mol. The van der Waals surface area contributed by atoms with Gasteiger partial charge in [-0.2, -0.15) is 0 Å². The number of hydrogen-bond acceptors (Lipinski definition) is 4. The summed E-state index contributed by atoms with van der Waals surface area (Å²) in [4.78, 5) is 4.39. The van der Waals surface area contributed by atoms with Crippen molar-refractivity contribution in [3.63, 3.8) is 0 Å². The standard InChI is InChI=1S/C21H19FN2O3S/c1-2-27-20-11-7-19(8-12-20)24-28(25,26)21-13-9-18(10-14-21)23-15-16-3-5-17(22)6-4-16/h3-15,24H,2H2,1H3. The third-order valence-corrected chi connectivity index (χ3v) is 5.19. The van der Waals surface area contributed by atoms with Gasteiger partial charge in [0.05, 0.1) is 17.2 Å².